The lowest BCUT2D eigenvalue weighted by molar-refractivity contribution is -0.138. The van der Waals surface area contributed by atoms with Crippen LogP contribution in [-0.2, 0) is 47.4 Å². The van der Waals surface area contributed by atoms with E-state index >= 15 is 0 Å². The second-order valence-corrected chi connectivity index (χ2v) is 26.0. The van der Waals surface area contributed by atoms with Crippen LogP contribution in [0.15, 0.2) is 181 Å². The quantitative estimate of drug-likeness (QED) is 0.0805. The minimum atomic E-state index is -5.00. The van der Waals surface area contributed by atoms with Gasteiger partial charge in [-0.2, -0.15) is 26.3 Å². The molecule has 0 saturated heterocycles. The van der Waals surface area contributed by atoms with E-state index in [1.54, 1.807) is 16.6 Å². The number of hydrogen-bond donors (Lipinski definition) is 0. The fraction of sp³-hybridized carbons (Fsp3) is 0.292. The third kappa shape index (κ3) is 13.6. The Morgan fingerprint density at radius 2 is 0.872 bits per heavy atom. The Morgan fingerprint density at radius 1 is 0.465 bits per heavy atom. The molecule has 0 N–H and O–H groups in total. The summed E-state index contributed by atoms with van der Waals surface area (Å²) in [5.74, 6) is -0.695. The van der Waals surface area contributed by atoms with Gasteiger partial charge in [-0.05, 0) is 126 Å². The maximum atomic E-state index is 14.9. The number of halogens is 8. The normalized spacial score (nSPS) is 14.0. The van der Waals surface area contributed by atoms with E-state index in [0.29, 0.717) is 80.5 Å². The third-order valence-electron chi connectivity index (χ3n) is 15.5. The molecule has 8 aromatic rings. The number of hydrogen-bond acceptors (Lipinski definition) is 4. The van der Waals surface area contributed by atoms with Gasteiger partial charge in [-0.15, -0.1) is 0 Å². The summed E-state index contributed by atoms with van der Waals surface area (Å²) >= 11 is 0. The highest BCUT2D eigenvalue weighted by molar-refractivity contribution is 6.46. The van der Waals surface area contributed by atoms with Crippen molar-refractivity contribution < 1.29 is 49.2 Å². The number of allylic oxidation sites excluding steroid dienone is 2. The van der Waals surface area contributed by atoms with Crippen LogP contribution in [0.1, 0.15) is 150 Å². The van der Waals surface area contributed by atoms with E-state index in [4.69, 9.17) is 19.0 Å². The summed E-state index contributed by atoms with van der Waals surface area (Å²) < 4.78 is 141. The Bertz CT molecular complexity index is 3800. The molecule has 0 unspecified atom stereocenters. The van der Waals surface area contributed by atoms with E-state index in [-0.39, 0.29) is 27.4 Å². The van der Waals surface area contributed by atoms with Gasteiger partial charge in [-0.1, -0.05) is 198 Å². The first-order valence-electron chi connectivity index (χ1n) is 28.5. The van der Waals surface area contributed by atoms with Crippen LogP contribution in [0.3, 0.4) is 0 Å². The van der Waals surface area contributed by atoms with Crippen LogP contribution in [-0.4, -0.2) is 24.6 Å². The van der Waals surface area contributed by atoms with Crippen molar-refractivity contribution in [1.29, 1.82) is 0 Å². The SMILES string of the molecule is COc1ccccc1/C(=C1/N=C(c2ccc(C(C)(C)C)cc2)C=C1c1ccc(C(C)(C)C)cc1)c1c(-c2ccc(C(C)(C)C)cc2)cc(-c2ccc(C(C)(C)C)cc2)n1B(Oc1cc(CF)cc(C(F)(F)F)c1)Oc1cc(CF)cc(C(F)(F)F)c1. The van der Waals surface area contributed by atoms with E-state index in [2.05, 4.69) is 107 Å². The monoisotopic (exact) mass is 1170 g/mol. The van der Waals surface area contributed by atoms with E-state index in [1.165, 1.54) is 7.11 Å². The minimum absolute atomic E-state index is 0.171. The van der Waals surface area contributed by atoms with Gasteiger partial charge >= 0.3 is 19.6 Å². The molecule has 1 aromatic heterocycles. The van der Waals surface area contributed by atoms with Crippen LogP contribution in [0.5, 0.6) is 17.2 Å². The average molecular weight is 1180 g/mol. The molecular formula is C72H71BF8N2O3. The van der Waals surface area contributed by atoms with Gasteiger partial charge in [0.1, 0.15) is 30.6 Å². The highest BCUT2D eigenvalue weighted by Crippen LogP contribution is 2.49. The number of para-hydroxylation sites is 1. The van der Waals surface area contributed by atoms with E-state index < -0.39 is 66.7 Å². The molecule has 0 bridgehead atoms. The molecule has 446 valence electrons. The van der Waals surface area contributed by atoms with Crippen LogP contribution in [0.25, 0.3) is 33.5 Å². The molecule has 0 fully saturated rings. The van der Waals surface area contributed by atoms with Gasteiger partial charge in [-0.25, -0.2) is 13.8 Å². The number of benzene rings is 7. The van der Waals surface area contributed by atoms with E-state index in [9.17, 15) is 35.1 Å². The van der Waals surface area contributed by atoms with Gasteiger partial charge in [0.25, 0.3) is 0 Å². The zero-order valence-corrected chi connectivity index (χ0v) is 50.8. The van der Waals surface area contributed by atoms with Crippen molar-refractivity contribution >= 4 is 24.1 Å². The lowest BCUT2D eigenvalue weighted by atomic mass is 9.84. The topological polar surface area (TPSA) is 45.0 Å². The maximum Gasteiger partial charge on any atom is 0.743 e. The highest BCUT2D eigenvalue weighted by atomic mass is 19.4. The lowest BCUT2D eigenvalue weighted by Gasteiger charge is -2.26. The second-order valence-electron chi connectivity index (χ2n) is 26.0. The zero-order valence-electron chi connectivity index (χ0n) is 50.8. The Balaban J connectivity index is 1.51. The van der Waals surface area contributed by atoms with Crippen LogP contribution in [0.2, 0.25) is 0 Å². The molecule has 0 radical (unpaired) electrons. The molecule has 0 aliphatic carbocycles. The summed E-state index contributed by atoms with van der Waals surface area (Å²) in [5.41, 5.74) is 6.18. The first-order valence-corrected chi connectivity index (χ1v) is 28.5. The Kier molecular flexibility index (Phi) is 17.1. The van der Waals surface area contributed by atoms with Crippen LogP contribution in [0.4, 0.5) is 35.1 Å². The molecule has 0 amide bonds. The lowest BCUT2D eigenvalue weighted by Crippen LogP contribution is -2.40. The van der Waals surface area contributed by atoms with Crippen molar-refractivity contribution in [2.24, 2.45) is 4.99 Å². The summed E-state index contributed by atoms with van der Waals surface area (Å²) in [7, 11) is -0.548. The van der Waals surface area contributed by atoms with Crippen LogP contribution >= 0.6 is 0 Å². The van der Waals surface area contributed by atoms with Crippen LogP contribution in [0, 0.1) is 0 Å². The molecule has 86 heavy (non-hydrogen) atoms. The predicted octanol–water partition coefficient (Wildman–Crippen LogP) is 20.3. The Labute approximate surface area is 500 Å². The summed E-state index contributed by atoms with van der Waals surface area (Å²) in [6, 6.07) is 45.9. The molecule has 9 rings (SSSR count). The van der Waals surface area contributed by atoms with Gasteiger partial charge < -0.3 is 18.5 Å². The number of rotatable bonds is 14. The summed E-state index contributed by atoms with van der Waals surface area (Å²) in [6.45, 7) is 22.5. The number of ether oxygens (including phenoxy) is 1. The number of alkyl halides is 8. The number of aliphatic imine (C=N–C) groups is 1. The summed E-state index contributed by atoms with van der Waals surface area (Å²) in [6.07, 6.45) is -7.99. The van der Waals surface area contributed by atoms with Crippen LogP contribution < -0.4 is 14.0 Å². The average Bonchev–Trinajstić information content (AvgIpc) is 1.57. The van der Waals surface area contributed by atoms with E-state index in [0.717, 1.165) is 45.5 Å². The van der Waals surface area contributed by atoms with Crippen molar-refractivity contribution in [1.82, 2.24) is 4.48 Å². The Hall–Kier alpha value is -8.13. The van der Waals surface area contributed by atoms with Gasteiger partial charge in [0.05, 0.1) is 35.3 Å². The molecule has 0 spiro atoms. The highest BCUT2D eigenvalue weighted by Gasteiger charge is 2.41. The molecule has 2 heterocycles. The number of aromatic nitrogens is 1. The van der Waals surface area contributed by atoms with Crippen molar-refractivity contribution in [2.45, 2.75) is 130 Å². The summed E-state index contributed by atoms with van der Waals surface area (Å²) in [4.78, 5) is 5.62. The largest absolute Gasteiger partial charge is 0.743 e. The predicted molar refractivity (Wildman–Crippen MR) is 331 cm³/mol. The molecule has 1 aliphatic rings. The molecular weight excluding hydrogens is 1100 g/mol. The molecule has 0 atom stereocenters. The molecule has 1 aliphatic heterocycles. The van der Waals surface area contributed by atoms with Crippen molar-refractivity contribution in [2.75, 3.05) is 7.11 Å². The van der Waals surface area contributed by atoms with E-state index in [1.807, 2.05) is 97.1 Å². The smallest absolute Gasteiger partial charge is 0.507 e. The molecule has 7 aromatic carbocycles. The minimum Gasteiger partial charge on any atom is -0.507 e. The molecule has 0 saturated carbocycles. The van der Waals surface area contributed by atoms with Gasteiger partial charge in [-0.3, -0.25) is 0 Å². The first-order chi connectivity index (χ1) is 40.2. The molecule has 14 heteroatoms. The maximum absolute atomic E-state index is 14.9. The summed E-state index contributed by atoms with van der Waals surface area (Å²) in [5, 5.41) is 0. The van der Waals surface area contributed by atoms with Crippen molar-refractivity contribution in [3.63, 3.8) is 0 Å². The number of methoxy groups -OCH3 is 1. The number of nitrogens with zero attached hydrogens (tertiary/aromatic N) is 2. The van der Waals surface area contributed by atoms with Gasteiger partial charge in [0.15, 0.2) is 0 Å². The first kappa shape index (κ1) is 62.4. The second kappa shape index (κ2) is 23.6. The van der Waals surface area contributed by atoms with Gasteiger partial charge in [0.2, 0.25) is 0 Å². The fourth-order valence-electron chi connectivity index (χ4n) is 10.5. The van der Waals surface area contributed by atoms with Gasteiger partial charge in [0, 0.05) is 33.5 Å². The standard InChI is InChI=1S/C72H71BF8N2O3/c1-67(2,3)50-26-18-46(19-27-50)59-40-61(48-22-30-52(31-23-48)69(7,8)9)82-65(59)64(58-16-14-15-17-63(58)84-13)66-60(47-20-28-51(29-21-47)68(4,5)6)41-62(49-24-32-53(33-25-49)70(10,11)12)83(66)73(85-56-36-44(42-74)34-54(38-56)71(76,77)78)86-57-37-45(43-75)35-55(39-57)72(79,80)81/h14-41H,42-43H2,1-13H3/b65-64-. The Morgan fingerprint density at radius 3 is 1.28 bits per heavy atom. The third-order valence-corrected chi connectivity index (χ3v) is 15.5. The fourth-order valence-corrected chi connectivity index (χ4v) is 10.5. The van der Waals surface area contributed by atoms with Crippen molar-refractivity contribution in [3.05, 3.63) is 242 Å². The molecule has 5 nitrogen and oxygen atoms in total. The van der Waals surface area contributed by atoms with Crippen molar-refractivity contribution in [3.8, 4) is 39.6 Å². The zero-order chi connectivity index (χ0) is 62.5.